The molecule has 0 saturated heterocycles. The van der Waals surface area contributed by atoms with Gasteiger partial charge in [0.2, 0.25) is 0 Å². The molecule has 42 heavy (non-hydrogen) atoms. The molecule has 0 aliphatic rings. The lowest BCUT2D eigenvalue weighted by Gasteiger charge is -2.19. The van der Waals surface area contributed by atoms with Crippen LogP contribution in [0.3, 0.4) is 0 Å². The Labute approximate surface area is 249 Å². The third-order valence-corrected chi connectivity index (χ3v) is 10.2. The minimum absolute atomic E-state index is 0.224. The Morgan fingerprint density at radius 2 is 1.12 bits per heavy atom. The summed E-state index contributed by atoms with van der Waals surface area (Å²) < 4.78 is 36.0. The van der Waals surface area contributed by atoms with Crippen LogP contribution < -0.4 is 10.6 Å². The standard InChI is InChI=1S/C18H21O3P.C16H17O3P/c1-5-21-22(20,16-9-7-6-8-10-16)18(19)17-14(3)11-13(2)12-15(17)4;1-11-9-12(2)15(13(3)10-11)16(17)19-20(18)14-7-5-4-6-8-14/h6-12H,5H2,1-4H3;4-10,20H,1-3H3. The molecule has 0 heterocycles. The van der Waals surface area contributed by atoms with Crippen LogP contribution in [0.5, 0.6) is 0 Å². The molecule has 0 aromatic heterocycles. The van der Waals surface area contributed by atoms with Gasteiger partial charge in [-0.15, -0.1) is 0 Å². The highest BCUT2D eigenvalue weighted by molar-refractivity contribution is 7.83. The Morgan fingerprint density at radius 3 is 1.57 bits per heavy atom. The molecule has 8 heteroatoms. The molecule has 2 atom stereocenters. The maximum atomic E-state index is 13.3. The van der Waals surface area contributed by atoms with Crippen LogP contribution >= 0.6 is 15.4 Å². The fourth-order valence-electron chi connectivity index (χ4n) is 4.99. The third kappa shape index (κ3) is 7.83. The van der Waals surface area contributed by atoms with Gasteiger partial charge in [-0.05, 0) is 95.0 Å². The molecular formula is C34H38O6P2. The number of carbonyl (C=O) groups excluding carboxylic acids is 2. The zero-order valence-electron chi connectivity index (χ0n) is 25.2. The normalized spacial score (nSPS) is 12.8. The van der Waals surface area contributed by atoms with Gasteiger partial charge in [0, 0.05) is 16.2 Å². The van der Waals surface area contributed by atoms with Crippen LogP contribution in [-0.2, 0) is 18.2 Å². The van der Waals surface area contributed by atoms with Crippen LogP contribution in [0.25, 0.3) is 0 Å². The summed E-state index contributed by atoms with van der Waals surface area (Å²) in [4.78, 5) is 25.2. The van der Waals surface area contributed by atoms with Crippen molar-refractivity contribution in [3.05, 3.63) is 129 Å². The summed E-state index contributed by atoms with van der Waals surface area (Å²) >= 11 is 0. The van der Waals surface area contributed by atoms with E-state index in [9.17, 15) is 18.7 Å². The van der Waals surface area contributed by atoms with Crippen LogP contribution in [0.2, 0.25) is 0 Å². The van der Waals surface area contributed by atoms with Crippen molar-refractivity contribution in [2.75, 3.05) is 6.61 Å². The molecule has 6 nitrogen and oxygen atoms in total. The first-order valence-corrected chi connectivity index (χ1v) is 16.7. The fourth-order valence-corrected chi connectivity index (χ4v) is 7.92. The monoisotopic (exact) mass is 604 g/mol. The second-order valence-corrected chi connectivity index (χ2v) is 13.8. The first-order valence-electron chi connectivity index (χ1n) is 13.7. The Bertz CT molecular complexity index is 1600. The summed E-state index contributed by atoms with van der Waals surface area (Å²) in [5.41, 5.74) is 6.11. The highest BCUT2D eigenvalue weighted by Crippen LogP contribution is 2.49. The Hall–Kier alpha value is -3.56. The van der Waals surface area contributed by atoms with Gasteiger partial charge < -0.3 is 9.05 Å². The highest BCUT2D eigenvalue weighted by Gasteiger charge is 2.37. The van der Waals surface area contributed by atoms with Crippen molar-refractivity contribution in [1.29, 1.82) is 0 Å². The zero-order valence-corrected chi connectivity index (χ0v) is 27.1. The van der Waals surface area contributed by atoms with Crippen molar-refractivity contribution >= 4 is 37.5 Å². The van der Waals surface area contributed by atoms with Gasteiger partial charge in [-0.2, -0.15) is 0 Å². The molecular weight excluding hydrogens is 566 g/mol. The lowest BCUT2D eigenvalue weighted by atomic mass is 10.0. The van der Waals surface area contributed by atoms with Crippen molar-refractivity contribution in [2.45, 2.75) is 48.5 Å². The van der Waals surface area contributed by atoms with Crippen LogP contribution in [0.4, 0.5) is 0 Å². The maximum absolute atomic E-state index is 13.3. The fraction of sp³-hybridized carbons (Fsp3) is 0.235. The molecule has 0 saturated carbocycles. The van der Waals surface area contributed by atoms with E-state index in [1.165, 1.54) is 0 Å². The van der Waals surface area contributed by atoms with Crippen molar-refractivity contribution < 1.29 is 27.8 Å². The van der Waals surface area contributed by atoms with Gasteiger partial charge in [-0.25, -0.2) is 4.79 Å². The van der Waals surface area contributed by atoms with E-state index in [1.807, 2.05) is 77.9 Å². The van der Waals surface area contributed by atoms with Gasteiger partial charge >= 0.3 is 13.3 Å². The number of hydrogen-bond donors (Lipinski definition) is 0. The van der Waals surface area contributed by atoms with E-state index in [0.717, 1.165) is 33.4 Å². The molecule has 4 aromatic carbocycles. The summed E-state index contributed by atoms with van der Waals surface area (Å²) in [6, 6.07) is 25.2. The van der Waals surface area contributed by atoms with Crippen molar-refractivity contribution in [3.8, 4) is 0 Å². The first-order chi connectivity index (χ1) is 19.9. The minimum atomic E-state index is -3.59. The van der Waals surface area contributed by atoms with Gasteiger partial charge in [-0.3, -0.25) is 13.9 Å². The van der Waals surface area contributed by atoms with E-state index < -0.39 is 26.9 Å². The molecule has 4 aromatic rings. The predicted octanol–water partition coefficient (Wildman–Crippen LogP) is 7.96. The minimum Gasteiger partial charge on any atom is -0.407 e. The number of aryl methyl sites for hydroxylation is 6. The van der Waals surface area contributed by atoms with Gasteiger partial charge in [0.25, 0.3) is 13.6 Å². The molecule has 0 fully saturated rings. The van der Waals surface area contributed by atoms with Crippen LogP contribution in [0.15, 0.2) is 84.9 Å². The number of rotatable bonds is 8. The molecule has 0 aliphatic heterocycles. The van der Waals surface area contributed by atoms with E-state index in [1.54, 1.807) is 55.5 Å². The molecule has 0 bridgehead atoms. The molecule has 220 valence electrons. The van der Waals surface area contributed by atoms with E-state index in [2.05, 4.69) is 0 Å². The van der Waals surface area contributed by atoms with Crippen LogP contribution in [-0.4, -0.2) is 18.1 Å². The number of hydrogen-bond acceptors (Lipinski definition) is 6. The molecule has 0 radical (unpaired) electrons. The van der Waals surface area contributed by atoms with E-state index in [0.29, 0.717) is 21.7 Å². The third-order valence-electron chi connectivity index (χ3n) is 6.64. The molecule has 0 N–H and O–H groups in total. The first kappa shape index (κ1) is 32.9. The lowest BCUT2D eigenvalue weighted by molar-refractivity contribution is 0.0750. The number of benzene rings is 4. The summed E-state index contributed by atoms with van der Waals surface area (Å²) in [5.74, 6) is -0.521. The van der Waals surface area contributed by atoms with E-state index in [-0.39, 0.29) is 6.61 Å². The second kappa shape index (κ2) is 14.6. The van der Waals surface area contributed by atoms with Gasteiger partial charge in [0.15, 0.2) is 0 Å². The van der Waals surface area contributed by atoms with Crippen molar-refractivity contribution in [1.82, 2.24) is 0 Å². The van der Waals surface area contributed by atoms with E-state index >= 15 is 0 Å². The Kier molecular flexibility index (Phi) is 11.4. The highest BCUT2D eigenvalue weighted by atomic mass is 31.2. The Morgan fingerprint density at radius 1 is 0.690 bits per heavy atom. The van der Waals surface area contributed by atoms with Gasteiger partial charge in [-0.1, -0.05) is 71.8 Å². The van der Waals surface area contributed by atoms with Crippen LogP contribution in [0, 0.1) is 41.5 Å². The second-order valence-electron chi connectivity index (χ2n) is 10.2. The number of carbonyl (C=O) groups is 2. The predicted molar refractivity (Wildman–Crippen MR) is 171 cm³/mol. The smallest absolute Gasteiger partial charge is 0.343 e. The van der Waals surface area contributed by atoms with E-state index in [4.69, 9.17) is 9.05 Å². The lowest BCUT2D eigenvalue weighted by Crippen LogP contribution is -2.17. The summed E-state index contributed by atoms with van der Waals surface area (Å²) in [6.07, 6.45) is 0. The SMILES string of the molecule is CCOP(=O)(C(=O)c1c(C)cc(C)cc1C)c1ccccc1.Cc1cc(C)c(C(=O)O[PH](=O)c2ccccc2)c(C)c1. The van der Waals surface area contributed by atoms with Crippen molar-refractivity contribution in [2.24, 2.45) is 0 Å². The summed E-state index contributed by atoms with van der Waals surface area (Å²) in [6.45, 7) is 13.4. The maximum Gasteiger partial charge on any atom is 0.343 e. The largest absolute Gasteiger partial charge is 0.407 e. The van der Waals surface area contributed by atoms with Crippen LogP contribution in [0.1, 0.15) is 61.0 Å². The average molecular weight is 605 g/mol. The molecule has 0 aliphatic carbocycles. The topological polar surface area (TPSA) is 86.7 Å². The van der Waals surface area contributed by atoms with Gasteiger partial charge in [0.05, 0.1) is 12.2 Å². The zero-order chi connectivity index (χ0) is 31.0. The average Bonchev–Trinajstić information content (AvgIpc) is 2.93. The quantitative estimate of drug-likeness (QED) is 0.190. The van der Waals surface area contributed by atoms with Gasteiger partial charge in [0.1, 0.15) is 0 Å². The van der Waals surface area contributed by atoms with Crippen molar-refractivity contribution in [3.63, 3.8) is 0 Å². The molecule has 0 spiro atoms. The molecule has 0 amide bonds. The Balaban J connectivity index is 0.000000231. The summed E-state index contributed by atoms with van der Waals surface area (Å²) in [5, 5.41) is 0.995. The summed E-state index contributed by atoms with van der Waals surface area (Å²) in [7, 11) is -6.15. The molecule has 4 rings (SSSR count). The molecule has 2 unspecified atom stereocenters.